The highest BCUT2D eigenvalue weighted by atomic mass is 16.7. The molecule has 1 N–H and O–H groups in total. The summed E-state index contributed by atoms with van der Waals surface area (Å²) in [4.78, 5) is 23.2. The fraction of sp³-hybridized carbons (Fsp3) is 0.867. The first-order valence-electron chi connectivity index (χ1n) is 7.59. The molecule has 0 radical (unpaired) electrons. The highest BCUT2D eigenvalue weighted by molar-refractivity contribution is 5.70. The number of nitrogens with one attached hydrogen (secondary N) is 1. The molecule has 1 fully saturated rings. The number of alkyl carbamates (subject to hydrolysis) is 1. The summed E-state index contributed by atoms with van der Waals surface area (Å²) >= 11 is 0. The lowest BCUT2D eigenvalue weighted by Crippen LogP contribution is -2.34. The molecule has 122 valence electrons. The number of esters is 1. The van der Waals surface area contributed by atoms with E-state index in [-0.39, 0.29) is 12.4 Å². The van der Waals surface area contributed by atoms with Crippen molar-refractivity contribution in [3.8, 4) is 0 Å². The largest absolute Gasteiger partial charge is 0.444 e. The molecule has 0 aromatic carbocycles. The van der Waals surface area contributed by atoms with Gasteiger partial charge in [-0.2, -0.15) is 0 Å². The summed E-state index contributed by atoms with van der Waals surface area (Å²) in [6, 6.07) is 0. The van der Waals surface area contributed by atoms with Crippen LogP contribution >= 0.6 is 0 Å². The Morgan fingerprint density at radius 2 is 2.05 bits per heavy atom. The summed E-state index contributed by atoms with van der Waals surface area (Å²) in [6.07, 6.45) is 2.63. The van der Waals surface area contributed by atoms with Crippen LogP contribution in [0.3, 0.4) is 0 Å². The first kappa shape index (κ1) is 17.8. The highest BCUT2D eigenvalue weighted by Crippen LogP contribution is 2.30. The lowest BCUT2D eigenvalue weighted by molar-refractivity contribution is -0.214. The molecular weight excluding hydrogens is 274 g/mol. The Balaban J connectivity index is 2.18. The third-order valence-electron chi connectivity index (χ3n) is 3.13. The minimum atomic E-state index is -0.727. The summed E-state index contributed by atoms with van der Waals surface area (Å²) in [7, 11) is 0. The number of hydrogen-bond acceptors (Lipinski definition) is 5. The molecule has 0 spiro atoms. The summed E-state index contributed by atoms with van der Waals surface area (Å²) in [5.41, 5.74) is -0.518. The third-order valence-corrected chi connectivity index (χ3v) is 3.13. The van der Waals surface area contributed by atoms with E-state index in [1.807, 2.05) is 6.92 Å². The molecule has 6 nitrogen and oxygen atoms in total. The standard InChI is InChI=1S/C15H27NO5/c1-5-15(9-7-11-19-15)20-12(17)8-6-10-16-13(18)21-14(2,3)4/h5-11H2,1-4H3,(H,16,18). The van der Waals surface area contributed by atoms with Gasteiger partial charge >= 0.3 is 12.1 Å². The second-order valence-electron chi connectivity index (χ2n) is 6.22. The Hall–Kier alpha value is -1.30. The van der Waals surface area contributed by atoms with Crippen LogP contribution < -0.4 is 5.32 Å². The molecule has 0 aromatic heterocycles. The number of carbonyl (C=O) groups is 2. The van der Waals surface area contributed by atoms with Crippen LogP contribution in [0.15, 0.2) is 0 Å². The van der Waals surface area contributed by atoms with Crippen molar-refractivity contribution in [2.75, 3.05) is 13.2 Å². The molecule has 1 unspecified atom stereocenters. The van der Waals surface area contributed by atoms with Gasteiger partial charge in [0.15, 0.2) is 0 Å². The molecule has 1 aliphatic rings. The lowest BCUT2D eigenvalue weighted by Gasteiger charge is -2.26. The van der Waals surface area contributed by atoms with Gasteiger partial charge in [0.05, 0.1) is 6.61 Å². The van der Waals surface area contributed by atoms with Crippen molar-refractivity contribution in [1.29, 1.82) is 0 Å². The van der Waals surface area contributed by atoms with E-state index >= 15 is 0 Å². The molecule has 0 bridgehead atoms. The van der Waals surface area contributed by atoms with Gasteiger partial charge in [-0.25, -0.2) is 4.79 Å². The van der Waals surface area contributed by atoms with Crippen LogP contribution in [0.4, 0.5) is 4.79 Å². The van der Waals surface area contributed by atoms with Gasteiger partial charge in [-0.1, -0.05) is 6.92 Å². The molecule has 0 aromatic rings. The van der Waals surface area contributed by atoms with E-state index in [0.717, 1.165) is 12.8 Å². The monoisotopic (exact) mass is 301 g/mol. The van der Waals surface area contributed by atoms with E-state index in [2.05, 4.69) is 5.32 Å². The van der Waals surface area contributed by atoms with E-state index in [1.54, 1.807) is 20.8 Å². The van der Waals surface area contributed by atoms with Crippen molar-refractivity contribution < 1.29 is 23.8 Å². The minimum absolute atomic E-state index is 0.251. The second kappa shape index (κ2) is 7.64. The molecular formula is C15H27NO5. The second-order valence-corrected chi connectivity index (χ2v) is 6.22. The zero-order valence-electron chi connectivity index (χ0n) is 13.5. The Morgan fingerprint density at radius 1 is 1.33 bits per heavy atom. The summed E-state index contributed by atoms with van der Waals surface area (Å²) in [5, 5.41) is 2.61. The molecule has 1 aliphatic heterocycles. The van der Waals surface area contributed by atoms with Gasteiger partial charge in [0.1, 0.15) is 5.60 Å². The topological polar surface area (TPSA) is 73.9 Å². The van der Waals surface area contributed by atoms with Crippen molar-refractivity contribution in [2.45, 2.75) is 71.2 Å². The van der Waals surface area contributed by atoms with Crippen molar-refractivity contribution in [3.63, 3.8) is 0 Å². The predicted octanol–water partition coefficient (Wildman–Crippen LogP) is 2.75. The number of ether oxygens (including phenoxy) is 3. The van der Waals surface area contributed by atoms with Crippen molar-refractivity contribution >= 4 is 12.1 Å². The zero-order chi connectivity index (χ0) is 15.9. The Labute approximate surface area is 126 Å². The number of rotatable bonds is 6. The van der Waals surface area contributed by atoms with Crippen LogP contribution in [0, 0.1) is 0 Å². The predicted molar refractivity (Wildman–Crippen MR) is 77.8 cm³/mol. The molecule has 1 amide bonds. The Kier molecular flexibility index (Phi) is 6.45. The van der Waals surface area contributed by atoms with Gasteiger partial charge in [0, 0.05) is 25.8 Å². The van der Waals surface area contributed by atoms with E-state index in [0.29, 0.717) is 26.0 Å². The average Bonchev–Trinajstić information content (AvgIpc) is 2.81. The maximum atomic E-state index is 11.8. The molecule has 1 saturated heterocycles. The van der Waals surface area contributed by atoms with Crippen LogP contribution in [0.2, 0.25) is 0 Å². The summed E-state index contributed by atoms with van der Waals surface area (Å²) in [5.74, 6) is -1.01. The van der Waals surface area contributed by atoms with Crippen molar-refractivity contribution in [2.24, 2.45) is 0 Å². The smallest absolute Gasteiger partial charge is 0.407 e. The first-order chi connectivity index (χ1) is 9.76. The van der Waals surface area contributed by atoms with E-state index < -0.39 is 17.5 Å². The summed E-state index contributed by atoms with van der Waals surface area (Å²) in [6.45, 7) is 8.37. The van der Waals surface area contributed by atoms with Gasteiger partial charge in [0.25, 0.3) is 0 Å². The van der Waals surface area contributed by atoms with Gasteiger partial charge in [-0.3, -0.25) is 4.79 Å². The van der Waals surface area contributed by atoms with Gasteiger partial charge in [-0.05, 0) is 33.6 Å². The van der Waals surface area contributed by atoms with E-state index in [9.17, 15) is 9.59 Å². The van der Waals surface area contributed by atoms with Crippen molar-refractivity contribution in [1.82, 2.24) is 5.32 Å². The normalized spacial score (nSPS) is 21.9. The molecule has 0 aliphatic carbocycles. The Bertz CT molecular complexity index is 356. The van der Waals surface area contributed by atoms with Crippen LogP contribution in [-0.2, 0) is 19.0 Å². The van der Waals surface area contributed by atoms with Gasteiger partial charge < -0.3 is 19.5 Å². The average molecular weight is 301 g/mol. The molecule has 0 saturated carbocycles. The molecule has 1 rings (SSSR count). The summed E-state index contributed by atoms with van der Waals surface area (Å²) < 4.78 is 16.1. The van der Waals surface area contributed by atoms with Gasteiger partial charge in [0.2, 0.25) is 5.79 Å². The van der Waals surface area contributed by atoms with Crippen LogP contribution in [0.25, 0.3) is 0 Å². The maximum Gasteiger partial charge on any atom is 0.407 e. The number of carbonyl (C=O) groups excluding carboxylic acids is 2. The van der Waals surface area contributed by atoms with Crippen LogP contribution in [0.1, 0.15) is 59.8 Å². The van der Waals surface area contributed by atoms with E-state index in [1.165, 1.54) is 0 Å². The quantitative estimate of drug-likeness (QED) is 0.603. The first-order valence-corrected chi connectivity index (χ1v) is 7.59. The van der Waals surface area contributed by atoms with E-state index in [4.69, 9.17) is 14.2 Å². The van der Waals surface area contributed by atoms with Gasteiger partial charge in [-0.15, -0.1) is 0 Å². The third kappa shape index (κ3) is 6.80. The number of hydrogen-bond donors (Lipinski definition) is 1. The molecule has 1 heterocycles. The molecule has 21 heavy (non-hydrogen) atoms. The fourth-order valence-electron chi connectivity index (χ4n) is 2.10. The van der Waals surface area contributed by atoms with Crippen LogP contribution in [0.5, 0.6) is 0 Å². The molecule has 1 atom stereocenters. The van der Waals surface area contributed by atoms with Crippen LogP contribution in [-0.4, -0.2) is 36.6 Å². The maximum absolute atomic E-state index is 11.8. The number of amides is 1. The minimum Gasteiger partial charge on any atom is -0.444 e. The SMILES string of the molecule is CCC1(OC(=O)CCCNC(=O)OC(C)(C)C)CCCO1. The fourth-order valence-corrected chi connectivity index (χ4v) is 2.10. The van der Waals surface area contributed by atoms with Crippen molar-refractivity contribution in [3.05, 3.63) is 0 Å². The highest BCUT2D eigenvalue weighted by Gasteiger charge is 2.37. The molecule has 6 heteroatoms. The lowest BCUT2D eigenvalue weighted by atomic mass is 10.1. The zero-order valence-corrected chi connectivity index (χ0v) is 13.5. The Morgan fingerprint density at radius 3 is 2.57 bits per heavy atom.